The van der Waals surface area contributed by atoms with Gasteiger partial charge in [0.05, 0.1) is 19.8 Å². The molecule has 0 aliphatic rings. The fourth-order valence-corrected chi connectivity index (χ4v) is 1.39. The number of aliphatic hydroxyl groups is 2. The van der Waals surface area contributed by atoms with Gasteiger partial charge in [-0.1, -0.05) is 12.1 Å². The number of hydrogen-bond donors (Lipinski definition) is 3. The first-order chi connectivity index (χ1) is 9.60. The lowest BCUT2D eigenvalue weighted by Gasteiger charge is -2.08. The van der Waals surface area contributed by atoms with Gasteiger partial charge in [-0.2, -0.15) is 5.26 Å². The van der Waals surface area contributed by atoms with E-state index in [2.05, 4.69) is 5.32 Å². The first kappa shape index (κ1) is 15.7. The van der Waals surface area contributed by atoms with Crippen molar-refractivity contribution in [3.63, 3.8) is 0 Å². The van der Waals surface area contributed by atoms with Crippen molar-refractivity contribution in [1.82, 2.24) is 5.32 Å². The first-order valence-electron chi connectivity index (χ1n) is 5.93. The maximum Gasteiger partial charge on any atom is 0.262 e. The molecule has 20 heavy (non-hydrogen) atoms. The van der Waals surface area contributed by atoms with Crippen LogP contribution in [0.3, 0.4) is 0 Å². The second-order valence-electron chi connectivity index (χ2n) is 3.99. The van der Waals surface area contributed by atoms with Gasteiger partial charge in [0.1, 0.15) is 17.4 Å². The Morgan fingerprint density at radius 2 is 2.15 bits per heavy atom. The summed E-state index contributed by atoms with van der Waals surface area (Å²) in [5.74, 6) is 0.0759. The predicted molar refractivity (Wildman–Crippen MR) is 72.7 cm³/mol. The Kier molecular flexibility index (Phi) is 6.23. The summed E-state index contributed by atoms with van der Waals surface area (Å²) in [7, 11) is 1.55. The third-order valence-corrected chi connectivity index (χ3v) is 2.50. The number of aliphatic hydroxyl groups excluding tert-OH is 2. The van der Waals surface area contributed by atoms with Crippen molar-refractivity contribution >= 4 is 12.0 Å². The standard InChI is InChI=1S/C14H16N2O4/c1-20-13-4-2-10(3-5-13)6-11(7-15)14(19)16-8-12(18)9-17/h2-6,12,17-18H,8-9H2,1H3,(H,16,19)/b11-6+. The molecule has 0 bridgehead atoms. The normalized spacial score (nSPS) is 12.4. The summed E-state index contributed by atoms with van der Waals surface area (Å²) < 4.78 is 5.01. The third-order valence-electron chi connectivity index (χ3n) is 2.50. The third kappa shape index (κ3) is 4.72. The number of rotatable bonds is 6. The van der Waals surface area contributed by atoms with E-state index in [9.17, 15) is 4.79 Å². The van der Waals surface area contributed by atoms with Gasteiger partial charge in [-0.3, -0.25) is 4.79 Å². The summed E-state index contributed by atoms with van der Waals surface area (Å²) in [5, 5.41) is 29.1. The Bertz CT molecular complexity index is 517. The fourth-order valence-electron chi connectivity index (χ4n) is 1.39. The van der Waals surface area contributed by atoms with Crippen LogP contribution in [0.5, 0.6) is 5.75 Å². The molecule has 1 atom stereocenters. The molecule has 1 aromatic carbocycles. The Morgan fingerprint density at radius 1 is 1.50 bits per heavy atom. The first-order valence-corrected chi connectivity index (χ1v) is 5.93. The van der Waals surface area contributed by atoms with Gasteiger partial charge in [0.25, 0.3) is 5.91 Å². The van der Waals surface area contributed by atoms with Crippen LogP contribution in [0.15, 0.2) is 29.8 Å². The predicted octanol–water partition coefficient (Wildman–Crippen LogP) is 0.0716. The van der Waals surface area contributed by atoms with Gasteiger partial charge in [-0.05, 0) is 23.8 Å². The summed E-state index contributed by atoms with van der Waals surface area (Å²) in [6.45, 7) is -0.568. The molecular weight excluding hydrogens is 260 g/mol. The molecule has 3 N–H and O–H groups in total. The average molecular weight is 276 g/mol. The zero-order valence-corrected chi connectivity index (χ0v) is 11.0. The smallest absolute Gasteiger partial charge is 0.262 e. The maximum atomic E-state index is 11.7. The van der Waals surface area contributed by atoms with Crippen molar-refractivity contribution in [3.8, 4) is 11.8 Å². The summed E-state index contributed by atoms with van der Waals surface area (Å²) in [5.41, 5.74) is 0.598. The molecule has 0 radical (unpaired) electrons. The maximum absolute atomic E-state index is 11.7. The summed E-state index contributed by atoms with van der Waals surface area (Å²) in [6.07, 6.45) is 0.389. The van der Waals surface area contributed by atoms with E-state index in [0.717, 1.165) is 0 Å². The zero-order valence-electron chi connectivity index (χ0n) is 11.0. The van der Waals surface area contributed by atoms with E-state index in [4.69, 9.17) is 20.2 Å². The van der Waals surface area contributed by atoms with Crippen LogP contribution in [0.25, 0.3) is 6.08 Å². The SMILES string of the molecule is COc1ccc(/C=C(\C#N)C(=O)NCC(O)CO)cc1. The number of nitrogens with one attached hydrogen (secondary N) is 1. The molecule has 0 aliphatic heterocycles. The quantitative estimate of drug-likeness (QED) is 0.504. The Hall–Kier alpha value is -2.36. The largest absolute Gasteiger partial charge is 0.497 e. The van der Waals surface area contributed by atoms with E-state index in [1.54, 1.807) is 37.4 Å². The number of nitriles is 1. The van der Waals surface area contributed by atoms with Crippen molar-refractivity contribution in [2.75, 3.05) is 20.3 Å². The molecule has 1 aromatic rings. The van der Waals surface area contributed by atoms with Crippen LogP contribution in [-0.4, -0.2) is 42.5 Å². The second kappa shape index (κ2) is 7.94. The molecule has 0 saturated heterocycles. The van der Waals surface area contributed by atoms with Crippen molar-refractivity contribution in [2.24, 2.45) is 0 Å². The highest BCUT2D eigenvalue weighted by Crippen LogP contribution is 2.13. The average Bonchev–Trinajstić information content (AvgIpc) is 2.50. The van der Waals surface area contributed by atoms with Crippen molar-refractivity contribution in [3.05, 3.63) is 35.4 Å². The Labute approximate surface area is 116 Å². The summed E-state index contributed by atoms with van der Waals surface area (Å²) in [4.78, 5) is 11.7. The molecule has 0 spiro atoms. The number of carbonyl (C=O) groups is 1. The molecular formula is C14H16N2O4. The number of carbonyl (C=O) groups excluding carboxylic acids is 1. The molecule has 106 valence electrons. The second-order valence-corrected chi connectivity index (χ2v) is 3.99. The highest BCUT2D eigenvalue weighted by atomic mass is 16.5. The van der Waals surface area contributed by atoms with Crippen LogP contribution >= 0.6 is 0 Å². The molecule has 0 saturated carbocycles. The van der Waals surface area contributed by atoms with E-state index in [1.165, 1.54) is 6.08 Å². The lowest BCUT2D eigenvalue weighted by atomic mass is 10.1. The number of benzene rings is 1. The number of ether oxygens (including phenoxy) is 1. The van der Waals surface area contributed by atoms with Crippen molar-refractivity contribution in [1.29, 1.82) is 5.26 Å². The molecule has 0 heterocycles. The molecule has 1 amide bonds. The minimum atomic E-state index is -1.04. The molecule has 1 unspecified atom stereocenters. The van der Waals surface area contributed by atoms with Crippen LogP contribution in [0.2, 0.25) is 0 Å². The lowest BCUT2D eigenvalue weighted by molar-refractivity contribution is -0.117. The Balaban J connectivity index is 2.75. The van der Waals surface area contributed by atoms with E-state index in [-0.39, 0.29) is 12.1 Å². The van der Waals surface area contributed by atoms with Crippen LogP contribution in [0.4, 0.5) is 0 Å². The molecule has 0 aliphatic carbocycles. The molecule has 1 rings (SSSR count). The van der Waals surface area contributed by atoms with Gasteiger partial charge in [0.2, 0.25) is 0 Å². The monoisotopic (exact) mass is 276 g/mol. The van der Waals surface area contributed by atoms with Gasteiger partial charge in [-0.25, -0.2) is 0 Å². The van der Waals surface area contributed by atoms with E-state index >= 15 is 0 Å². The lowest BCUT2D eigenvalue weighted by Crippen LogP contribution is -2.34. The van der Waals surface area contributed by atoms with Crippen LogP contribution in [-0.2, 0) is 4.79 Å². The highest BCUT2D eigenvalue weighted by molar-refractivity contribution is 6.01. The van der Waals surface area contributed by atoms with Crippen LogP contribution < -0.4 is 10.1 Å². The van der Waals surface area contributed by atoms with Gasteiger partial charge >= 0.3 is 0 Å². The fraction of sp³-hybridized carbons (Fsp3) is 0.286. The molecule has 0 aromatic heterocycles. The van der Waals surface area contributed by atoms with Crippen LogP contribution in [0.1, 0.15) is 5.56 Å². The van der Waals surface area contributed by atoms with E-state index in [0.29, 0.717) is 11.3 Å². The van der Waals surface area contributed by atoms with Crippen molar-refractivity contribution in [2.45, 2.75) is 6.10 Å². The number of methoxy groups -OCH3 is 1. The van der Waals surface area contributed by atoms with Gasteiger partial charge in [-0.15, -0.1) is 0 Å². The minimum absolute atomic E-state index is 0.0830. The zero-order chi connectivity index (χ0) is 15.0. The number of amides is 1. The number of hydrogen-bond acceptors (Lipinski definition) is 5. The molecule has 0 fully saturated rings. The summed E-state index contributed by atoms with van der Waals surface area (Å²) in [6, 6.07) is 8.66. The number of nitrogens with zero attached hydrogens (tertiary/aromatic N) is 1. The van der Waals surface area contributed by atoms with Gasteiger partial charge in [0.15, 0.2) is 0 Å². The molecule has 6 nitrogen and oxygen atoms in total. The van der Waals surface area contributed by atoms with Crippen molar-refractivity contribution < 1.29 is 19.7 Å². The van der Waals surface area contributed by atoms with E-state index < -0.39 is 18.6 Å². The van der Waals surface area contributed by atoms with Gasteiger partial charge < -0.3 is 20.3 Å². The van der Waals surface area contributed by atoms with Gasteiger partial charge in [0, 0.05) is 6.54 Å². The topological polar surface area (TPSA) is 103 Å². The van der Waals surface area contributed by atoms with E-state index in [1.807, 2.05) is 0 Å². The highest BCUT2D eigenvalue weighted by Gasteiger charge is 2.10. The molecule has 6 heteroatoms. The van der Waals surface area contributed by atoms with Crippen LogP contribution in [0, 0.1) is 11.3 Å². The minimum Gasteiger partial charge on any atom is -0.497 e. The summed E-state index contributed by atoms with van der Waals surface area (Å²) >= 11 is 0. The Morgan fingerprint density at radius 3 is 2.65 bits per heavy atom.